The van der Waals surface area contributed by atoms with E-state index < -0.39 is 22.8 Å². The van der Waals surface area contributed by atoms with Gasteiger partial charge in [-0.05, 0) is 88.5 Å². The highest BCUT2D eigenvalue weighted by Crippen LogP contribution is 2.50. The van der Waals surface area contributed by atoms with Crippen molar-refractivity contribution in [3.8, 4) is 11.5 Å². The molecule has 0 saturated heterocycles. The number of carboxylic acid groups (broad SMARTS) is 2. The maximum atomic E-state index is 11.2. The van der Waals surface area contributed by atoms with Crippen molar-refractivity contribution in [2.24, 2.45) is 10.8 Å². The average Bonchev–Trinajstić information content (AvgIpc) is 3.45. The second-order valence-corrected chi connectivity index (χ2v) is 9.51. The molecule has 0 spiro atoms. The molecule has 0 atom stereocenters. The minimum Gasteiger partial charge on any atom is -0.508 e. The molecule has 2 rings (SSSR count). The van der Waals surface area contributed by atoms with Crippen LogP contribution in [0.3, 0.4) is 0 Å². The fraction of sp³-hybridized carbons (Fsp3) is 0.667. The van der Waals surface area contributed by atoms with Gasteiger partial charge in [-0.25, -0.2) is 0 Å². The lowest BCUT2D eigenvalue weighted by Crippen LogP contribution is -2.23. The molecule has 1 saturated carbocycles. The minimum absolute atomic E-state index is 0.146. The molecule has 1 aliphatic carbocycles. The van der Waals surface area contributed by atoms with E-state index >= 15 is 0 Å². The second kappa shape index (κ2) is 10.2. The van der Waals surface area contributed by atoms with Crippen LogP contribution in [0.5, 0.6) is 11.5 Å². The van der Waals surface area contributed by atoms with E-state index in [0.717, 1.165) is 68.9 Å². The van der Waals surface area contributed by atoms with Crippen LogP contribution in [0, 0.1) is 10.8 Å². The highest BCUT2D eigenvalue weighted by Gasteiger charge is 2.49. The summed E-state index contributed by atoms with van der Waals surface area (Å²) in [6.07, 6.45) is 9.31. The van der Waals surface area contributed by atoms with Crippen LogP contribution in [0.1, 0.15) is 89.2 Å². The average molecular weight is 421 g/mol. The van der Waals surface area contributed by atoms with Crippen molar-refractivity contribution in [1.82, 2.24) is 0 Å². The largest absolute Gasteiger partial charge is 0.508 e. The Hall–Kier alpha value is -2.24. The number of hydrogen-bond acceptors (Lipinski definition) is 4. The number of carbonyl (C=O) groups is 2. The summed E-state index contributed by atoms with van der Waals surface area (Å²) in [5, 5.41) is 39.0. The van der Waals surface area contributed by atoms with Crippen LogP contribution in [-0.4, -0.2) is 32.4 Å². The van der Waals surface area contributed by atoms with Crippen molar-refractivity contribution in [3.63, 3.8) is 0 Å². The van der Waals surface area contributed by atoms with Crippen molar-refractivity contribution in [1.29, 1.82) is 0 Å². The van der Waals surface area contributed by atoms with Gasteiger partial charge >= 0.3 is 11.9 Å². The van der Waals surface area contributed by atoms with Gasteiger partial charge in [-0.15, -0.1) is 0 Å². The summed E-state index contributed by atoms with van der Waals surface area (Å²) in [4.78, 5) is 22.4. The predicted octanol–water partition coefficient (Wildman–Crippen LogP) is 5.28. The summed E-state index contributed by atoms with van der Waals surface area (Å²) in [6.45, 7) is 3.46. The molecule has 0 aromatic heterocycles. The number of rotatable bonds is 14. The summed E-state index contributed by atoms with van der Waals surface area (Å²) in [5.74, 6) is -1.08. The van der Waals surface area contributed by atoms with Gasteiger partial charge in [-0.3, -0.25) is 9.59 Å². The molecule has 0 unspecified atom stereocenters. The first kappa shape index (κ1) is 24.0. The number of phenols is 2. The Labute approximate surface area is 178 Å². The molecule has 30 heavy (non-hydrogen) atoms. The van der Waals surface area contributed by atoms with Crippen molar-refractivity contribution in [2.45, 2.75) is 90.9 Å². The van der Waals surface area contributed by atoms with Gasteiger partial charge < -0.3 is 20.4 Å². The van der Waals surface area contributed by atoms with Gasteiger partial charge in [-0.1, -0.05) is 25.7 Å². The summed E-state index contributed by atoms with van der Waals surface area (Å²) in [6, 6.07) is 3.21. The number of carboxylic acids is 2. The standard InChI is InChI=1S/C24H36O6/c1-23(2,21(27)28)11-7-3-5-9-17-15-19(25)16-18(20(17)26)10-6-4-8-12-24(13-14-24)22(29)30/h15-16,25-26H,3-14H2,1-2H3,(H,27,28)(H,29,30). The number of unbranched alkanes of at least 4 members (excludes halogenated alkanes) is 4. The Kier molecular flexibility index (Phi) is 8.16. The molecule has 0 aliphatic heterocycles. The number of aliphatic carboxylic acids is 2. The molecule has 4 N–H and O–H groups in total. The summed E-state index contributed by atoms with van der Waals surface area (Å²) in [5.41, 5.74) is 0.269. The number of aryl methyl sites for hydroxylation is 2. The van der Waals surface area contributed by atoms with E-state index in [1.807, 2.05) is 0 Å². The van der Waals surface area contributed by atoms with Crippen LogP contribution in [0.15, 0.2) is 12.1 Å². The van der Waals surface area contributed by atoms with Gasteiger partial charge in [0.1, 0.15) is 11.5 Å². The van der Waals surface area contributed by atoms with E-state index in [1.54, 1.807) is 26.0 Å². The first-order chi connectivity index (χ1) is 14.1. The number of phenolic OH excluding ortho intramolecular Hbond substituents is 2. The fourth-order valence-corrected chi connectivity index (χ4v) is 3.97. The molecule has 1 aromatic carbocycles. The van der Waals surface area contributed by atoms with E-state index in [0.29, 0.717) is 19.3 Å². The Morgan fingerprint density at radius 2 is 1.43 bits per heavy atom. The Morgan fingerprint density at radius 3 is 1.90 bits per heavy atom. The Morgan fingerprint density at radius 1 is 0.900 bits per heavy atom. The van der Waals surface area contributed by atoms with E-state index in [1.165, 1.54) is 0 Å². The fourth-order valence-electron chi connectivity index (χ4n) is 3.97. The van der Waals surface area contributed by atoms with Crippen molar-refractivity contribution >= 4 is 11.9 Å². The van der Waals surface area contributed by atoms with Gasteiger partial charge in [0.2, 0.25) is 0 Å². The molecule has 6 nitrogen and oxygen atoms in total. The van der Waals surface area contributed by atoms with E-state index in [-0.39, 0.29) is 11.5 Å². The maximum Gasteiger partial charge on any atom is 0.309 e. The third-order valence-electron chi connectivity index (χ3n) is 6.49. The Bertz CT molecular complexity index is 701. The first-order valence-electron chi connectivity index (χ1n) is 11.1. The molecule has 0 amide bonds. The molecule has 6 heteroatoms. The van der Waals surface area contributed by atoms with Crippen LogP contribution < -0.4 is 0 Å². The topological polar surface area (TPSA) is 115 Å². The van der Waals surface area contributed by atoms with Gasteiger partial charge in [0.15, 0.2) is 0 Å². The van der Waals surface area contributed by atoms with Crippen molar-refractivity contribution in [3.05, 3.63) is 23.3 Å². The second-order valence-electron chi connectivity index (χ2n) is 9.51. The molecule has 168 valence electrons. The zero-order chi connectivity index (χ0) is 22.4. The van der Waals surface area contributed by atoms with Crippen LogP contribution in [0.2, 0.25) is 0 Å². The monoisotopic (exact) mass is 420 g/mol. The quantitative estimate of drug-likeness (QED) is 0.240. The smallest absolute Gasteiger partial charge is 0.309 e. The molecule has 0 heterocycles. The highest BCUT2D eigenvalue weighted by molar-refractivity contribution is 5.77. The van der Waals surface area contributed by atoms with Crippen LogP contribution in [0.25, 0.3) is 0 Å². The minimum atomic E-state index is -0.784. The van der Waals surface area contributed by atoms with Gasteiger partial charge in [-0.2, -0.15) is 0 Å². The third kappa shape index (κ3) is 6.64. The highest BCUT2D eigenvalue weighted by atomic mass is 16.4. The van der Waals surface area contributed by atoms with Gasteiger partial charge in [0, 0.05) is 0 Å². The molecule has 0 radical (unpaired) electrons. The molecule has 1 fully saturated rings. The number of benzene rings is 1. The predicted molar refractivity (Wildman–Crippen MR) is 115 cm³/mol. The summed E-state index contributed by atoms with van der Waals surface area (Å²) >= 11 is 0. The third-order valence-corrected chi connectivity index (χ3v) is 6.49. The molecular weight excluding hydrogens is 384 g/mol. The van der Waals surface area contributed by atoms with Gasteiger partial charge in [0.25, 0.3) is 0 Å². The lowest BCUT2D eigenvalue weighted by molar-refractivity contribution is -0.147. The molecule has 1 aromatic rings. The molecule has 0 bridgehead atoms. The van der Waals surface area contributed by atoms with E-state index in [4.69, 9.17) is 5.11 Å². The van der Waals surface area contributed by atoms with Crippen molar-refractivity contribution < 1.29 is 30.0 Å². The van der Waals surface area contributed by atoms with Crippen LogP contribution in [-0.2, 0) is 22.4 Å². The SMILES string of the molecule is CC(C)(CCCCCc1cc(O)cc(CCCCCC2(C(=O)O)CC2)c1O)C(=O)O. The van der Waals surface area contributed by atoms with Crippen molar-refractivity contribution in [2.75, 3.05) is 0 Å². The Balaban J connectivity index is 1.76. The first-order valence-corrected chi connectivity index (χ1v) is 11.1. The maximum absolute atomic E-state index is 11.2. The van der Waals surface area contributed by atoms with E-state index in [2.05, 4.69) is 0 Å². The number of hydrogen-bond donors (Lipinski definition) is 4. The lowest BCUT2D eigenvalue weighted by atomic mass is 9.87. The van der Waals surface area contributed by atoms with E-state index in [9.17, 15) is 24.9 Å². The summed E-state index contributed by atoms with van der Waals surface area (Å²) < 4.78 is 0. The zero-order valence-electron chi connectivity index (χ0n) is 18.2. The summed E-state index contributed by atoms with van der Waals surface area (Å²) in [7, 11) is 0. The van der Waals surface area contributed by atoms with Crippen LogP contribution >= 0.6 is 0 Å². The normalized spacial score (nSPS) is 15.1. The molecular formula is C24H36O6. The number of aromatic hydroxyl groups is 2. The lowest BCUT2D eigenvalue weighted by Gasteiger charge is -2.18. The van der Waals surface area contributed by atoms with Gasteiger partial charge in [0.05, 0.1) is 10.8 Å². The molecule has 1 aliphatic rings. The van der Waals surface area contributed by atoms with Crippen LogP contribution in [0.4, 0.5) is 0 Å². The zero-order valence-corrected chi connectivity index (χ0v) is 18.2.